The molecule has 1 amide bonds. The smallest absolute Gasteiger partial charge is 0.243 e. The van der Waals surface area contributed by atoms with E-state index >= 15 is 0 Å². The van der Waals surface area contributed by atoms with E-state index in [0.717, 1.165) is 36.8 Å². The zero-order valence-corrected chi connectivity index (χ0v) is 19.5. The highest BCUT2D eigenvalue weighted by molar-refractivity contribution is 7.89. The molecule has 1 aliphatic rings. The second-order valence-electron chi connectivity index (χ2n) is 8.37. The van der Waals surface area contributed by atoms with Crippen LogP contribution in [-0.2, 0) is 27.8 Å². The first kappa shape index (κ1) is 23.2. The monoisotopic (exact) mass is 466 g/mol. The van der Waals surface area contributed by atoms with Crippen LogP contribution in [0.25, 0.3) is 0 Å². The number of hydrogen-bond donors (Lipinski definition) is 1. The minimum atomic E-state index is -3.45. The van der Waals surface area contributed by atoms with Crippen molar-refractivity contribution in [1.82, 2.24) is 14.1 Å². The van der Waals surface area contributed by atoms with Crippen molar-refractivity contribution in [2.45, 2.75) is 50.0 Å². The first-order valence-corrected chi connectivity index (χ1v) is 12.9. The van der Waals surface area contributed by atoms with E-state index in [2.05, 4.69) is 10.4 Å². The lowest BCUT2D eigenvalue weighted by molar-refractivity contribution is -0.116. The lowest BCUT2D eigenvalue weighted by Gasteiger charge is -2.20. The molecule has 3 aromatic rings. The van der Waals surface area contributed by atoms with Gasteiger partial charge in [0, 0.05) is 25.6 Å². The molecule has 7 nitrogen and oxygen atoms in total. The van der Waals surface area contributed by atoms with Crippen LogP contribution in [0, 0.1) is 0 Å². The molecule has 0 radical (unpaired) electrons. The average molecular weight is 467 g/mol. The lowest BCUT2D eigenvalue weighted by Crippen LogP contribution is -2.31. The summed E-state index contributed by atoms with van der Waals surface area (Å²) in [6, 6.07) is 18.6. The second-order valence-corrected chi connectivity index (χ2v) is 10.3. The largest absolute Gasteiger partial charge is 0.311 e. The van der Waals surface area contributed by atoms with Gasteiger partial charge in [-0.05, 0) is 42.5 Å². The molecule has 1 aromatic heterocycles. The third-order valence-corrected chi connectivity index (χ3v) is 7.84. The Kier molecular flexibility index (Phi) is 7.57. The van der Waals surface area contributed by atoms with Gasteiger partial charge in [-0.1, -0.05) is 55.3 Å². The third-order valence-electron chi connectivity index (χ3n) is 5.93. The van der Waals surface area contributed by atoms with Crippen LogP contribution < -0.4 is 5.32 Å². The summed E-state index contributed by atoms with van der Waals surface area (Å²) in [5, 5.41) is 7.23. The minimum Gasteiger partial charge on any atom is -0.311 e. The number of amides is 1. The molecule has 33 heavy (non-hydrogen) atoms. The van der Waals surface area contributed by atoms with Crippen LogP contribution in [0.4, 0.5) is 5.82 Å². The number of aryl methyl sites for hydroxylation is 1. The fraction of sp³-hybridized carbons (Fsp3) is 0.360. The number of hydrogen-bond acceptors (Lipinski definition) is 4. The predicted octanol–water partition coefficient (Wildman–Crippen LogP) is 4.07. The van der Waals surface area contributed by atoms with Gasteiger partial charge in [-0.15, -0.1) is 0 Å². The maximum Gasteiger partial charge on any atom is 0.243 e. The summed E-state index contributed by atoms with van der Waals surface area (Å²) < 4.78 is 29.2. The van der Waals surface area contributed by atoms with Gasteiger partial charge in [-0.3, -0.25) is 4.79 Å². The number of aromatic nitrogens is 2. The highest BCUT2D eigenvalue weighted by Gasteiger charge is 2.24. The number of rotatable bonds is 8. The van der Waals surface area contributed by atoms with E-state index in [9.17, 15) is 13.2 Å². The summed E-state index contributed by atoms with van der Waals surface area (Å²) in [7, 11) is -3.45. The summed E-state index contributed by atoms with van der Waals surface area (Å²) in [6.45, 7) is 1.76. The van der Waals surface area contributed by atoms with Crippen LogP contribution in [0.5, 0.6) is 0 Å². The fourth-order valence-electron chi connectivity index (χ4n) is 4.04. The Hall–Kier alpha value is -2.97. The molecule has 1 N–H and O–H groups in total. The quantitative estimate of drug-likeness (QED) is 0.542. The van der Waals surface area contributed by atoms with Crippen molar-refractivity contribution in [2.75, 3.05) is 18.4 Å². The van der Waals surface area contributed by atoms with Crippen molar-refractivity contribution in [3.05, 3.63) is 78.0 Å². The van der Waals surface area contributed by atoms with Gasteiger partial charge in [0.2, 0.25) is 15.9 Å². The standard InChI is InChI=1S/C25H30N4O3S/c30-25(27-24-16-17-26-29(24)20-22-8-4-3-5-9-22)15-12-21-10-13-23(14-11-21)33(31,32)28-18-6-1-2-7-19-28/h3-5,8-11,13-14,16-17H,1-2,6-7,12,15,18-20H2,(H,27,30). The van der Waals surface area contributed by atoms with E-state index in [-0.39, 0.29) is 5.91 Å². The Morgan fingerprint density at radius 3 is 2.27 bits per heavy atom. The van der Waals surface area contributed by atoms with Crippen molar-refractivity contribution >= 4 is 21.7 Å². The van der Waals surface area contributed by atoms with Crippen LogP contribution in [0.1, 0.15) is 43.2 Å². The van der Waals surface area contributed by atoms with Crippen LogP contribution in [0.15, 0.2) is 71.8 Å². The van der Waals surface area contributed by atoms with E-state index in [1.165, 1.54) is 0 Å². The van der Waals surface area contributed by atoms with Gasteiger partial charge in [-0.25, -0.2) is 13.1 Å². The van der Waals surface area contributed by atoms with Crippen LogP contribution in [-0.4, -0.2) is 41.5 Å². The van der Waals surface area contributed by atoms with E-state index < -0.39 is 10.0 Å². The zero-order chi connectivity index (χ0) is 23.1. The minimum absolute atomic E-state index is 0.105. The number of nitrogens with one attached hydrogen (secondary N) is 1. The first-order valence-electron chi connectivity index (χ1n) is 11.5. The van der Waals surface area contributed by atoms with Crippen molar-refractivity contribution < 1.29 is 13.2 Å². The summed E-state index contributed by atoms with van der Waals surface area (Å²) in [4.78, 5) is 12.8. The molecule has 1 saturated heterocycles. The molecule has 2 aromatic carbocycles. The van der Waals surface area contributed by atoms with Crippen molar-refractivity contribution in [3.63, 3.8) is 0 Å². The summed E-state index contributed by atoms with van der Waals surface area (Å²) in [6.07, 6.45) is 6.49. The van der Waals surface area contributed by atoms with Crippen molar-refractivity contribution in [3.8, 4) is 0 Å². The number of benzene rings is 2. The number of sulfonamides is 1. The van der Waals surface area contributed by atoms with Gasteiger partial charge in [0.05, 0.1) is 17.6 Å². The molecule has 0 saturated carbocycles. The zero-order valence-electron chi connectivity index (χ0n) is 18.7. The van der Waals surface area contributed by atoms with Crippen molar-refractivity contribution in [1.29, 1.82) is 0 Å². The predicted molar refractivity (Wildman–Crippen MR) is 128 cm³/mol. The Labute approximate surface area is 195 Å². The Bertz CT molecular complexity index is 1150. The van der Waals surface area contributed by atoms with Crippen LogP contribution >= 0.6 is 0 Å². The lowest BCUT2D eigenvalue weighted by atomic mass is 10.1. The highest BCUT2D eigenvalue weighted by atomic mass is 32.2. The molecule has 1 fully saturated rings. The molecule has 0 bridgehead atoms. The van der Waals surface area contributed by atoms with E-state index in [4.69, 9.17) is 0 Å². The molecule has 8 heteroatoms. The maximum atomic E-state index is 12.9. The molecule has 4 rings (SSSR count). The summed E-state index contributed by atoms with van der Waals surface area (Å²) in [5.41, 5.74) is 2.03. The van der Waals surface area contributed by atoms with Gasteiger partial charge in [-0.2, -0.15) is 9.40 Å². The Balaban J connectivity index is 1.32. The van der Waals surface area contributed by atoms with Crippen LogP contribution in [0.2, 0.25) is 0 Å². The Morgan fingerprint density at radius 1 is 0.879 bits per heavy atom. The molecule has 0 spiro atoms. The Morgan fingerprint density at radius 2 is 1.58 bits per heavy atom. The molecule has 1 aliphatic heterocycles. The maximum absolute atomic E-state index is 12.9. The number of carbonyl (C=O) groups is 1. The molecule has 2 heterocycles. The number of anilines is 1. The first-order chi connectivity index (χ1) is 16.0. The molecular weight excluding hydrogens is 436 g/mol. The average Bonchev–Trinajstić information content (AvgIpc) is 3.07. The SMILES string of the molecule is O=C(CCc1ccc(S(=O)(=O)N2CCCCCC2)cc1)Nc1ccnn1Cc1ccccc1. The topological polar surface area (TPSA) is 84.3 Å². The van der Waals surface area contributed by atoms with Crippen molar-refractivity contribution in [2.24, 2.45) is 0 Å². The molecular formula is C25H30N4O3S. The summed E-state index contributed by atoms with van der Waals surface area (Å²) >= 11 is 0. The van der Waals surface area contributed by atoms with Gasteiger partial charge < -0.3 is 5.32 Å². The molecule has 0 aliphatic carbocycles. The summed E-state index contributed by atoms with van der Waals surface area (Å²) in [5.74, 6) is 0.550. The molecule has 0 atom stereocenters. The van der Waals surface area contributed by atoms with Gasteiger partial charge >= 0.3 is 0 Å². The van der Waals surface area contributed by atoms with E-state index in [0.29, 0.717) is 43.2 Å². The number of carbonyl (C=O) groups excluding carboxylic acids is 1. The number of nitrogens with zero attached hydrogens (tertiary/aromatic N) is 3. The normalized spacial score (nSPS) is 15.2. The van der Waals surface area contributed by atoms with Gasteiger partial charge in [0.25, 0.3) is 0 Å². The molecule has 0 unspecified atom stereocenters. The fourth-order valence-corrected chi connectivity index (χ4v) is 5.56. The third kappa shape index (κ3) is 6.09. The highest BCUT2D eigenvalue weighted by Crippen LogP contribution is 2.21. The van der Waals surface area contributed by atoms with Crippen LogP contribution in [0.3, 0.4) is 0 Å². The van der Waals surface area contributed by atoms with E-state index in [1.807, 2.05) is 30.3 Å². The van der Waals surface area contributed by atoms with Gasteiger partial charge in [0.15, 0.2) is 0 Å². The second kappa shape index (κ2) is 10.8. The van der Waals surface area contributed by atoms with Gasteiger partial charge in [0.1, 0.15) is 5.82 Å². The van der Waals surface area contributed by atoms with E-state index in [1.54, 1.807) is 45.5 Å². The molecule has 174 valence electrons.